The minimum atomic E-state index is -0.946. The normalized spacial score (nSPS) is 25.2. The summed E-state index contributed by atoms with van der Waals surface area (Å²) in [6.45, 7) is 2.14. The molecule has 4 aliphatic heterocycles. The summed E-state index contributed by atoms with van der Waals surface area (Å²) in [5.74, 6) is -0.858. The summed E-state index contributed by atoms with van der Waals surface area (Å²) in [7, 11) is 0. The van der Waals surface area contributed by atoms with Crippen LogP contribution in [0.25, 0.3) is 32.2 Å². The number of nitrogens with two attached hydrogens (primary N) is 1. The lowest BCUT2D eigenvalue weighted by Gasteiger charge is -2.41. The van der Waals surface area contributed by atoms with Crippen LogP contribution in [-0.2, 0) is 0 Å². The molecule has 49 heavy (non-hydrogen) atoms. The van der Waals surface area contributed by atoms with Gasteiger partial charge in [-0.05, 0) is 50.4 Å². The molecule has 17 heteroatoms. The molecule has 3 aromatic heterocycles. The molecule has 5 aromatic rings. The van der Waals surface area contributed by atoms with E-state index in [1.54, 1.807) is 6.07 Å². The molecule has 1 amide bonds. The summed E-state index contributed by atoms with van der Waals surface area (Å²) >= 11 is 7.81. The summed E-state index contributed by atoms with van der Waals surface area (Å²) in [6, 6.07) is 3.66. The Bertz CT molecular complexity index is 2120. The molecule has 2 aromatic carbocycles. The van der Waals surface area contributed by atoms with Crippen molar-refractivity contribution in [3.8, 4) is 17.1 Å². The van der Waals surface area contributed by atoms with E-state index < -0.39 is 23.3 Å². The third-order valence-electron chi connectivity index (χ3n) is 10.5. The van der Waals surface area contributed by atoms with Gasteiger partial charge in [0.1, 0.15) is 29.9 Å². The van der Waals surface area contributed by atoms with Crippen LogP contribution in [-0.4, -0.2) is 102 Å². The monoisotopic (exact) mass is 710 g/mol. The van der Waals surface area contributed by atoms with E-state index in [1.807, 2.05) is 9.80 Å². The number of hydrogen-bond acceptors (Lipinski definition) is 11. The van der Waals surface area contributed by atoms with Crippen LogP contribution < -0.4 is 15.4 Å². The van der Waals surface area contributed by atoms with Crippen molar-refractivity contribution in [2.24, 2.45) is 0 Å². The number of hydrogen-bond donors (Lipinski definition) is 1. The lowest BCUT2D eigenvalue weighted by Crippen LogP contribution is -2.57. The number of thiazole rings is 1. The second-order valence-electron chi connectivity index (χ2n) is 13.3. The van der Waals surface area contributed by atoms with Gasteiger partial charge < -0.3 is 20.3 Å². The van der Waals surface area contributed by atoms with Crippen molar-refractivity contribution in [3.63, 3.8) is 0 Å². The number of benzene rings is 2. The van der Waals surface area contributed by atoms with Gasteiger partial charge in [0.15, 0.2) is 10.9 Å². The van der Waals surface area contributed by atoms with Crippen molar-refractivity contribution in [1.29, 1.82) is 0 Å². The average Bonchev–Trinajstić information content (AvgIpc) is 3.90. The van der Waals surface area contributed by atoms with Crippen molar-refractivity contribution in [3.05, 3.63) is 47.2 Å². The Hall–Kier alpha value is -4.28. The molecule has 12 nitrogen and oxygen atoms in total. The summed E-state index contributed by atoms with van der Waals surface area (Å²) in [4.78, 5) is 33.0. The number of aromatic nitrogens is 6. The highest BCUT2D eigenvalue weighted by atomic mass is 35.5. The zero-order valence-corrected chi connectivity index (χ0v) is 27.6. The average molecular weight is 711 g/mol. The van der Waals surface area contributed by atoms with Gasteiger partial charge in [-0.15, -0.1) is 5.10 Å². The van der Waals surface area contributed by atoms with Crippen LogP contribution in [0.1, 0.15) is 32.1 Å². The molecule has 0 spiro atoms. The molecule has 4 aliphatic rings. The van der Waals surface area contributed by atoms with E-state index in [0.29, 0.717) is 37.3 Å². The maximum absolute atomic E-state index is 17.0. The van der Waals surface area contributed by atoms with E-state index in [0.717, 1.165) is 43.6 Å². The molecule has 0 aliphatic carbocycles. The van der Waals surface area contributed by atoms with Crippen LogP contribution in [0.5, 0.6) is 6.01 Å². The number of carbonyl (C=O) groups is 1. The molecule has 7 heterocycles. The molecular formula is C32H30ClF3N10O2S. The summed E-state index contributed by atoms with van der Waals surface area (Å²) in [5, 5.41) is 8.22. The SMILES string of the molecule is Nc1nc2c(-c3c(Cl)cc4c(N5CC6CCC(C5)N6C(=O)n5ccnn5)nc(OC[C@@]56CCCN5C[C@H](F)C6)nc4c3F)ccc(F)c2s1. The Kier molecular flexibility index (Phi) is 7.14. The quantitative estimate of drug-likeness (QED) is 0.257. The van der Waals surface area contributed by atoms with Crippen LogP contribution in [0.15, 0.2) is 30.6 Å². The van der Waals surface area contributed by atoms with E-state index in [9.17, 15) is 13.6 Å². The predicted octanol–water partition coefficient (Wildman–Crippen LogP) is 5.29. The van der Waals surface area contributed by atoms with Crippen LogP contribution in [0.2, 0.25) is 5.02 Å². The highest BCUT2D eigenvalue weighted by Crippen LogP contribution is 2.45. The fourth-order valence-corrected chi connectivity index (χ4v) is 9.43. The standard InChI is InChI=1S/C32H30ClF3N10O2S/c33-21-10-20-25(24(36)23(21)19-4-5-22(35)27-26(19)39-29(37)49-27)40-30(48-15-32-6-1-8-44(32)12-16(34)11-32)41-28(20)43-13-17-2-3-18(14-43)46(17)31(47)45-9-7-38-42-45/h4-5,7,9-10,16-18H,1-3,6,8,11-15H2,(H2,37,39)/t16-,17?,18?,32+/m1/s1. The molecule has 0 radical (unpaired) electrons. The smallest absolute Gasteiger partial charge is 0.346 e. The van der Waals surface area contributed by atoms with Gasteiger partial charge in [-0.25, -0.2) is 22.9 Å². The number of anilines is 2. The Morgan fingerprint density at radius 2 is 1.94 bits per heavy atom. The molecule has 9 rings (SSSR count). The van der Waals surface area contributed by atoms with Gasteiger partial charge in [-0.1, -0.05) is 28.2 Å². The summed E-state index contributed by atoms with van der Waals surface area (Å²) in [6.07, 6.45) is 5.65. The number of fused-ring (bicyclic) bond motifs is 5. The van der Waals surface area contributed by atoms with Crippen LogP contribution in [0.3, 0.4) is 0 Å². The Morgan fingerprint density at radius 3 is 2.71 bits per heavy atom. The number of rotatable bonds is 5. The Balaban J connectivity index is 1.14. The molecule has 4 saturated heterocycles. The van der Waals surface area contributed by atoms with Gasteiger partial charge in [0, 0.05) is 42.6 Å². The first-order valence-corrected chi connectivity index (χ1v) is 17.4. The second-order valence-corrected chi connectivity index (χ2v) is 14.7. The number of ether oxygens (including phenoxy) is 1. The number of carbonyl (C=O) groups excluding carboxylic acids is 1. The maximum atomic E-state index is 17.0. The molecular weight excluding hydrogens is 681 g/mol. The second kappa shape index (κ2) is 11.4. The van der Waals surface area contributed by atoms with Crippen LogP contribution in [0, 0.1) is 11.6 Å². The van der Waals surface area contributed by atoms with Crippen molar-refractivity contribution < 1.29 is 22.7 Å². The zero-order chi connectivity index (χ0) is 33.6. The molecule has 0 saturated carbocycles. The highest BCUT2D eigenvalue weighted by Gasteiger charge is 2.50. The van der Waals surface area contributed by atoms with Crippen LogP contribution in [0.4, 0.5) is 28.9 Å². The maximum Gasteiger partial charge on any atom is 0.346 e. The number of nitrogens with zero attached hydrogens (tertiary/aromatic N) is 9. The third kappa shape index (κ3) is 4.89. The predicted molar refractivity (Wildman–Crippen MR) is 178 cm³/mol. The first-order valence-electron chi connectivity index (χ1n) is 16.2. The van der Waals surface area contributed by atoms with E-state index in [1.165, 1.54) is 29.2 Å². The van der Waals surface area contributed by atoms with E-state index in [2.05, 4.69) is 25.2 Å². The minimum absolute atomic E-state index is 0.00000926. The molecule has 4 fully saturated rings. The molecule has 2 N–H and O–H groups in total. The third-order valence-corrected chi connectivity index (χ3v) is 11.7. The van der Waals surface area contributed by atoms with Gasteiger partial charge in [-0.2, -0.15) is 14.6 Å². The lowest BCUT2D eigenvalue weighted by atomic mass is 9.95. The number of alkyl halides is 1. The summed E-state index contributed by atoms with van der Waals surface area (Å²) < 4.78 is 53.9. The molecule has 2 unspecified atom stereocenters. The fraction of sp³-hybridized carbons (Fsp3) is 0.438. The largest absolute Gasteiger partial charge is 0.461 e. The zero-order valence-electron chi connectivity index (χ0n) is 26.0. The molecule has 2 bridgehead atoms. The van der Waals surface area contributed by atoms with E-state index in [4.69, 9.17) is 27.1 Å². The van der Waals surface area contributed by atoms with Gasteiger partial charge in [0.05, 0.1) is 45.3 Å². The van der Waals surface area contributed by atoms with Gasteiger partial charge in [0.25, 0.3) is 0 Å². The van der Waals surface area contributed by atoms with E-state index >= 15 is 4.39 Å². The van der Waals surface area contributed by atoms with Crippen molar-refractivity contribution >= 4 is 61.0 Å². The Labute approximate surface area is 286 Å². The number of piperazine rings is 1. The van der Waals surface area contributed by atoms with Crippen molar-refractivity contribution in [1.82, 2.24) is 39.7 Å². The minimum Gasteiger partial charge on any atom is -0.461 e. The molecule has 4 atom stereocenters. The number of amides is 1. The van der Waals surface area contributed by atoms with Crippen molar-refractivity contribution in [2.75, 3.05) is 43.4 Å². The lowest BCUT2D eigenvalue weighted by molar-refractivity contribution is 0.107. The van der Waals surface area contributed by atoms with Crippen LogP contribution >= 0.6 is 22.9 Å². The number of halogens is 4. The fourth-order valence-electron chi connectivity index (χ4n) is 8.37. The highest BCUT2D eigenvalue weighted by molar-refractivity contribution is 7.22. The molecule has 254 valence electrons. The number of nitrogen functional groups attached to an aromatic ring is 1. The first kappa shape index (κ1) is 30.8. The Morgan fingerprint density at radius 1 is 1.12 bits per heavy atom. The van der Waals surface area contributed by atoms with Gasteiger partial charge in [-0.3, -0.25) is 4.90 Å². The van der Waals surface area contributed by atoms with Gasteiger partial charge in [0.2, 0.25) is 0 Å². The van der Waals surface area contributed by atoms with Crippen molar-refractivity contribution in [2.45, 2.75) is 55.9 Å². The van der Waals surface area contributed by atoms with E-state index in [-0.39, 0.29) is 67.7 Å². The topological polar surface area (TPSA) is 131 Å². The summed E-state index contributed by atoms with van der Waals surface area (Å²) in [5.41, 5.74) is 5.88. The van der Waals surface area contributed by atoms with Gasteiger partial charge >= 0.3 is 12.0 Å². The first-order chi connectivity index (χ1) is 23.7.